The van der Waals surface area contributed by atoms with Crippen LogP contribution in [0.3, 0.4) is 0 Å². The van der Waals surface area contributed by atoms with Gasteiger partial charge in [-0.1, -0.05) is 18.2 Å². The van der Waals surface area contributed by atoms with Crippen molar-refractivity contribution in [2.75, 3.05) is 0 Å². The van der Waals surface area contributed by atoms with Gasteiger partial charge in [0.1, 0.15) is 23.8 Å². The van der Waals surface area contributed by atoms with Crippen LogP contribution in [0.5, 0.6) is 5.75 Å². The molecule has 0 aliphatic heterocycles. The first kappa shape index (κ1) is 14.3. The van der Waals surface area contributed by atoms with Crippen molar-refractivity contribution >= 4 is 0 Å². The number of aromatic nitrogens is 2. The summed E-state index contributed by atoms with van der Waals surface area (Å²) in [4.78, 5) is 8.54. The van der Waals surface area contributed by atoms with Crippen molar-refractivity contribution in [3.63, 3.8) is 0 Å². The summed E-state index contributed by atoms with van der Waals surface area (Å²) in [5.74, 6) is 1.95. The predicted molar refractivity (Wildman–Crippen MR) is 81.2 cm³/mol. The van der Waals surface area contributed by atoms with Crippen molar-refractivity contribution in [3.8, 4) is 17.2 Å². The summed E-state index contributed by atoms with van der Waals surface area (Å²) < 4.78 is 11.3. The zero-order chi connectivity index (χ0) is 15.4. The number of hydrogen-bond donors (Lipinski definition) is 1. The molecule has 0 fully saturated rings. The molecule has 22 heavy (non-hydrogen) atoms. The molecule has 1 aromatic carbocycles. The molecule has 0 aliphatic rings. The Balaban J connectivity index is 1.71. The Bertz CT molecular complexity index is 736. The smallest absolute Gasteiger partial charge is 0.226 e. The van der Waals surface area contributed by atoms with E-state index in [0.717, 1.165) is 17.0 Å². The summed E-state index contributed by atoms with van der Waals surface area (Å²) in [5, 5.41) is 8.96. The second-order valence-electron chi connectivity index (χ2n) is 4.82. The van der Waals surface area contributed by atoms with Gasteiger partial charge >= 0.3 is 0 Å². The number of aryl methyl sites for hydroxylation is 1. The van der Waals surface area contributed by atoms with Crippen LogP contribution in [0.1, 0.15) is 17.1 Å². The van der Waals surface area contributed by atoms with Crippen LogP contribution >= 0.6 is 0 Å². The van der Waals surface area contributed by atoms with Crippen molar-refractivity contribution in [1.82, 2.24) is 9.97 Å². The minimum absolute atomic E-state index is 0.0802. The molecule has 2 heterocycles. The number of nitrogens with zero attached hydrogens (tertiary/aromatic N) is 2. The van der Waals surface area contributed by atoms with Gasteiger partial charge in [-0.3, -0.25) is 4.98 Å². The molecule has 0 radical (unpaired) electrons. The zero-order valence-electron chi connectivity index (χ0n) is 12.2. The van der Waals surface area contributed by atoms with Gasteiger partial charge in [0.25, 0.3) is 0 Å². The van der Waals surface area contributed by atoms with E-state index in [1.807, 2.05) is 37.3 Å². The predicted octanol–water partition coefficient (Wildman–Crippen LogP) is 3.12. The van der Waals surface area contributed by atoms with Crippen LogP contribution in [0.15, 0.2) is 53.1 Å². The molecule has 1 N–H and O–H groups in total. The van der Waals surface area contributed by atoms with Crippen molar-refractivity contribution in [2.45, 2.75) is 20.1 Å². The molecule has 0 saturated heterocycles. The first-order valence-electron chi connectivity index (χ1n) is 6.96. The first-order chi connectivity index (χ1) is 10.8. The first-order valence-corrected chi connectivity index (χ1v) is 6.96. The second kappa shape index (κ2) is 6.41. The third kappa shape index (κ3) is 3.15. The average Bonchev–Trinajstić information content (AvgIpc) is 2.95. The molecule has 5 heteroatoms. The minimum Gasteiger partial charge on any atom is -0.486 e. The van der Waals surface area contributed by atoms with E-state index in [4.69, 9.17) is 14.3 Å². The van der Waals surface area contributed by atoms with Gasteiger partial charge in [0.15, 0.2) is 0 Å². The molecule has 0 spiro atoms. The van der Waals surface area contributed by atoms with Crippen molar-refractivity contribution in [3.05, 3.63) is 65.8 Å². The average molecular weight is 296 g/mol. The summed E-state index contributed by atoms with van der Waals surface area (Å²) in [7, 11) is 0. The van der Waals surface area contributed by atoms with E-state index in [2.05, 4.69) is 9.97 Å². The summed E-state index contributed by atoms with van der Waals surface area (Å²) in [6.07, 6.45) is 1.58. The zero-order valence-corrected chi connectivity index (χ0v) is 12.2. The van der Waals surface area contributed by atoms with E-state index in [0.29, 0.717) is 23.9 Å². The van der Waals surface area contributed by atoms with Crippen LogP contribution in [0, 0.1) is 6.92 Å². The van der Waals surface area contributed by atoms with E-state index in [9.17, 15) is 0 Å². The van der Waals surface area contributed by atoms with E-state index in [-0.39, 0.29) is 6.61 Å². The molecule has 0 amide bonds. The molecule has 0 saturated carbocycles. The van der Waals surface area contributed by atoms with Gasteiger partial charge in [-0.15, -0.1) is 0 Å². The Morgan fingerprint density at radius 3 is 2.64 bits per heavy atom. The maximum absolute atomic E-state index is 8.96. The maximum atomic E-state index is 8.96. The van der Waals surface area contributed by atoms with Crippen LogP contribution in [0.4, 0.5) is 0 Å². The minimum atomic E-state index is -0.0802. The highest BCUT2D eigenvalue weighted by Gasteiger charge is 2.11. The molecule has 0 unspecified atom stereocenters. The molecule has 5 nitrogen and oxygen atoms in total. The van der Waals surface area contributed by atoms with Gasteiger partial charge < -0.3 is 14.3 Å². The summed E-state index contributed by atoms with van der Waals surface area (Å²) in [5.41, 5.74) is 2.30. The SMILES string of the molecule is Cc1oc(-c2ccccc2)nc1COc1ccc(CO)nc1. The lowest BCUT2D eigenvalue weighted by Gasteiger charge is -2.04. The van der Waals surface area contributed by atoms with Crippen molar-refractivity contribution in [1.29, 1.82) is 0 Å². The molecule has 2 aromatic heterocycles. The number of hydrogen-bond acceptors (Lipinski definition) is 5. The normalized spacial score (nSPS) is 10.6. The lowest BCUT2D eigenvalue weighted by atomic mass is 10.2. The highest BCUT2D eigenvalue weighted by molar-refractivity contribution is 5.53. The number of aliphatic hydroxyl groups is 1. The number of benzene rings is 1. The number of pyridine rings is 1. The summed E-state index contributed by atoms with van der Waals surface area (Å²) in [6.45, 7) is 2.09. The number of ether oxygens (including phenoxy) is 1. The lowest BCUT2D eigenvalue weighted by molar-refractivity contribution is 0.274. The third-order valence-electron chi connectivity index (χ3n) is 3.25. The monoisotopic (exact) mass is 296 g/mol. The van der Waals surface area contributed by atoms with Gasteiger partial charge in [-0.2, -0.15) is 0 Å². The highest BCUT2D eigenvalue weighted by atomic mass is 16.5. The third-order valence-corrected chi connectivity index (χ3v) is 3.25. The molecular weight excluding hydrogens is 280 g/mol. The highest BCUT2D eigenvalue weighted by Crippen LogP contribution is 2.22. The van der Waals surface area contributed by atoms with Crippen LogP contribution in [-0.2, 0) is 13.2 Å². The largest absolute Gasteiger partial charge is 0.486 e. The fraction of sp³-hybridized carbons (Fsp3) is 0.176. The Kier molecular flexibility index (Phi) is 4.16. The molecule has 112 valence electrons. The second-order valence-corrected chi connectivity index (χ2v) is 4.82. The Morgan fingerprint density at radius 1 is 1.14 bits per heavy atom. The summed E-state index contributed by atoms with van der Waals surface area (Å²) >= 11 is 0. The van der Waals surface area contributed by atoms with E-state index < -0.39 is 0 Å². The van der Waals surface area contributed by atoms with Crippen molar-refractivity contribution in [2.24, 2.45) is 0 Å². The van der Waals surface area contributed by atoms with Gasteiger partial charge in [0.2, 0.25) is 5.89 Å². The summed E-state index contributed by atoms with van der Waals surface area (Å²) in [6, 6.07) is 13.2. The lowest BCUT2D eigenvalue weighted by Crippen LogP contribution is -1.98. The van der Waals surface area contributed by atoms with Gasteiger partial charge in [-0.25, -0.2) is 4.98 Å². The fourth-order valence-corrected chi connectivity index (χ4v) is 2.01. The van der Waals surface area contributed by atoms with E-state index in [1.54, 1.807) is 18.3 Å². The van der Waals surface area contributed by atoms with Gasteiger partial charge in [-0.05, 0) is 31.2 Å². The molecule has 0 aliphatic carbocycles. The van der Waals surface area contributed by atoms with Crippen LogP contribution < -0.4 is 4.74 Å². The van der Waals surface area contributed by atoms with E-state index in [1.165, 1.54) is 0 Å². The van der Waals surface area contributed by atoms with Crippen LogP contribution in [-0.4, -0.2) is 15.1 Å². The Labute approximate surface area is 128 Å². The topological polar surface area (TPSA) is 68.4 Å². The molecule has 3 aromatic rings. The van der Waals surface area contributed by atoms with Crippen LogP contribution in [0.2, 0.25) is 0 Å². The van der Waals surface area contributed by atoms with E-state index >= 15 is 0 Å². The van der Waals surface area contributed by atoms with Crippen LogP contribution in [0.25, 0.3) is 11.5 Å². The quantitative estimate of drug-likeness (QED) is 0.783. The molecule has 3 rings (SSSR count). The molecule has 0 bridgehead atoms. The van der Waals surface area contributed by atoms with Crippen molar-refractivity contribution < 1.29 is 14.3 Å². The number of aliphatic hydroxyl groups excluding tert-OH is 1. The number of rotatable bonds is 5. The maximum Gasteiger partial charge on any atom is 0.226 e. The Morgan fingerprint density at radius 2 is 1.95 bits per heavy atom. The standard InChI is InChI=1S/C17H16N2O3/c1-12-16(11-21-15-8-7-14(10-20)18-9-15)19-17(22-12)13-5-3-2-4-6-13/h2-9,20H,10-11H2,1H3. The van der Waals surface area contributed by atoms with Gasteiger partial charge in [0, 0.05) is 5.56 Å². The molecular formula is C17H16N2O3. The molecule has 0 atom stereocenters. The Hall–Kier alpha value is -2.66. The fourth-order valence-electron chi connectivity index (χ4n) is 2.01. The number of oxazole rings is 1. The van der Waals surface area contributed by atoms with Gasteiger partial charge in [0.05, 0.1) is 18.5 Å².